The fraction of sp³-hybridized carbons (Fsp3) is 0. The van der Waals surface area contributed by atoms with Gasteiger partial charge in [-0.25, -0.2) is 4.39 Å². The number of aromatic amines is 5. The zero-order valence-corrected chi connectivity index (χ0v) is 34.6. The molecule has 0 aliphatic heterocycles. The van der Waals surface area contributed by atoms with E-state index in [9.17, 15) is 14.5 Å². The summed E-state index contributed by atoms with van der Waals surface area (Å²) in [4.78, 5) is 9.95. The second-order valence-corrected chi connectivity index (χ2v) is 14.7. The molecule has 11 rings (SSSR count). The van der Waals surface area contributed by atoms with Crippen molar-refractivity contribution in [1.82, 2.24) is 55.6 Å². The van der Waals surface area contributed by atoms with E-state index in [1.807, 2.05) is 83.7 Å². The largest absolute Gasteiger partial charge is 0.382 e. The first-order valence-electron chi connectivity index (χ1n) is 17.8. The van der Waals surface area contributed by atoms with E-state index in [0.29, 0.717) is 39.3 Å². The molecule has 11 aromatic rings. The summed E-state index contributed by atoms with van der Waals surface area (Å²) in [6.45, 7) is 0. The normalized spacial score (nSPS) is 10.7. The number of non-ortho nitro benzene ring substituents is 1. The minimum absolute atomic E-state index is 0.0144. The Labute approximate surface area is 359 Å². The minimum atomic E-state index is -0.466. The van der Waals surface area contributed by atoms with E-state index in [2.05, 4.69) is 82.8 Å². The summed E-state index contributed by atoms with van der Waals surface area (Å²) in [6.07, 6.45) is 3.97. The second kappa shape index (κ2) is 17.9. The van der Waals surface area contributed by atoms with Gasteiger partial charge in [-0.1, -0.05) is 44.0 Å². The summed E-state index contributed by atoms with van der Waals surface area (Å²) in [7, 11) is 0. The van der Waals surface area contributed by atoms with Crippen molar-refractivity contribution in [2.45, 2.75) is 0 Å². The summed E-state index contributed by atoms with van der Waals surface area (Å²) < 4.78 is 17.0. The molecule has 5 aromatic carbocycles. The van der Waals surface area contributed by atoms with Crippen LogP contribution in [-0.4, -0.2) is 60.5 Å². The van der Waals surface area contributed by atoms with Gasteiger partial charge in [0.25, 0.3) is 5.69 Å². The molecule has 0 amide bonds. The van der Waals surface area contributed by atoms with Gasteiger partial charge < -0.3 is 33.2 Å². The predicted octanol–water partition coefficient (Wildman–Crippen LogP) is 8.09. The number of nitrogens with one attached hydrogen (secondary N) is 5. The molecule has 0 saturated carbocycles. The Morgan fingerprint density at radius 3 is 1.66 bits per heavy atom. The first kappa shape index (κ1) is 41.2. The van der Waals surface area contributed by atoms with Crippen molar-refractivity contribution in [3.05, 3.63) is 140 Å². The molecule has 19 nitrogen and oxygen atoms in total. The number of nitro benzene ring substituents is 1. The molecule has 6 aromatic heterocycles. The Morgan fingerprint density at radius 1 is 0.525 bits per heavy atom. The van der Waals surface area contributed by atoms with Gasteiger partial charge in [-0.15, -0.1) is 0 Å². The van der Waals surface area contributed by atoms with Crippen molar-refractivity contribution >= 4 is 121 Å². The van der Waals surface area contributed by atoms with Crippen LogP contribution in [0.2, 0.25) is 0 Å². The Bertz CT molecular complexity index is 3260. The lowest BCUT2D eigenvalue weighted by Crippen LogP contribution is -1.92. The lowest BCUT2D eigenvalue weighted by atomic mass is 10.2. The van der Waals surface area contributed by atoms with Crippen LogP contribution in [0.15, 0.2) is 124 Å². The van der Waals surface area contributed by atoms with Crippen LogP contribution >= 0.6 is 31.9 Å². The zero-order chi connectivity index (χ0) is 43.2. The predicted molar refractivity (Wildman–Crippen MR) is 244 cm³/mol. The van der Waals surface area contributed by atoms with Crippen LogP contribution in [0, 0.1) is 15.9 Å². The van der Waals surface area contributed by atoms with Crippen molar-refractivity contribution in [3.8, 4) is 5.69 Å². The number of nitro groups is 1. The van der Waals surface area contributed by atoms with Gasteiger partial charge in [0.05, 0.1) is 54.4 Å². The van der Waals surface area contributed by atoms with Crippen LogP contribution in [0.4, 0.5) is 39.2 Å². The Hall–Kier alpha value is -7.98. The van der Waals surface area contributed by atoms with Crippen molar-refractivity contribution in [2.75, 3.05) is 28.7 Å². The van der Waals surface area contributed by atoms with E-state index in [1.165, 1.54) is 18.2 Å². The van der Waals surface area contributed by atoms with Gasteiger partial charge in [0.15, 0.2) is 29.1 Å². The van der Waals surface area contributed by atoms with E-state index in [4.69, 9.17) is 28.7 Å². The molecule has 61 heavy (non-hydrogen) atoms. The Morgan fingerprint density at radius 2 is 1.02 bits per heavy atom. The number of nitrogens with zero attached hydrogens (tertiary/aromatic N) is 7. The monoisotopic (exact) mass is 949 g/mol. The zero-order valence-electron chi connectivity index (χ0n) is 31.4. The SMILES string of the molecule is Nc1n[nH]c2cc(Br)ccc12.Nc1n[nH]c2ccc(Br)cc12.Nc1n[nH]c2ccc([N+](=O)[O-])cc12.Nc1n[nH]c2cccc(-n3cccc3)c12.Nc1n[nH]c2cccc(F)c12. The molecule has 15 N–H and O–H groups in total. The van der Waals surface area contributed by atoms with Gasteiger partial charge in [0, 0.05) is 44.2 Å². The molecular formula is C39H34Br2FN17O2. The van der Waals surface area contributed by atoms with Gasteiger partial charge in [-0.3, -0.25) is 35.6 Å². The van der Waals surface area contributed by atoms with E-state index in [0.717, 1.165) is 47.3 Å². The quantitative estimate of drug-likeness (QED) is 0.0581. The number of benzene rings is 5. The van der Waals surface area contributed by atoms with Crippen LogP contribution in [-0.2, 0) is 0 Å². The van der Waals surface area contributed by atoms with Crippen LogP contribution < -0.4 is 28.7 Å². The summed E-state index contributed by atoms with van der Waals surface area (Å²) in [6, 6.07) is 30.6. The molecule has 0 radical (unpaired) electrons. The standard InChI is InChI=1S/C11H10N4.2C7H6BrN3.C7H6FN3.C7H6N4O2/c12-11-10-8(13-14-11)4-3-5-9(10)15-6-1-2-7-15;8-4-1-2-6-5(3-4)7(9)11-10-6;8-4-1-2-5-6(3-4)10-11-7(5)9;8-4-2-1-3-5-6(4)7(9)11-10-5;8-7-5-3-4(11(12)13)1-2-6(5)9-10-7/h1-7H,(H3,12,13,14);3*1-3H,(H3,9,10,11);1-3H,(H3,8,9,10). The van der Waals surface area contributed by atoms with Crippen molar-refractivity contribution < 1.29 is 9.31 Å². The Balaban J connectivity index is 0.000000116. The first-order valence-corrected chi connectivity index (χ1v) is 19.4. The van der Waals surface area contributed by atoms with E-state index >= 15 is 0 Å². The van der Waals surface area contributed by atoms with Crippen molar-refractivity contribution in [3.63, 3.8) is 0 Å². The number of nitrogen functional groups attached to an aromatic ring is 5. The molecule has 22 heteroatoms. The molecule has 0 bridgehead atoms. The minimum Gasteiger partial charge on any atom is -0.382 e. The maximum Gasteiger partial charge on any atom is 0.270 e. The highest BCUT2D eigenvalue weighted by Crippen LogP contribution is 2.27. The number of nitrogens with two attached hydrogens (primary N) is 5. The highest BCUT2D eigenvalue weighted by Gasteiger charge is 2.10. The molecule has 0 unspecified atom stereocenters. The van der Waals surface area contributed by atoms with E-state index < -0.39 is 4.92 Å². The lowest BCUT2D eigenvalue weighted by molar-refractivity contribution is -0.384. The number of H-pyrrole nitrogens is 5. The third-order valence-electron chi connectivity index (χ3n) is 8.94. The molecule has 0 fully saturated rings. The fourth-order valence-electron chi connectivity index (χ4n) is 6.00. The number of fused-ring (bicyclic) bond motifs is 5. The van der Waals surface area contributed by atoms with Crippen LogP contribution in [0.25, 0.3) is 60.2 Å². The first-order chi connectivity index (χ1) is 29.4. The van der Waals surface area contributed by atoms with Crippen LogP contribution in [0.3, 0.4) is 0 Å². The number of halogens is 3. The maximum atomic E-state index is 12.9. The number of hydrogen-bond donors (Lipinski definition) is 10. The smallest absolute Gasteiger partial charge is 0.270 e. The third kappa shape index (κ3) is 9.19. The van der Waals surface area contributed by atoms with E-state index in [-0.39, 0.29) is 23.1 Å². The van der Waals surface area contributed by atoms with Crippen LogP contribution in [0.5, 0.6) is 0 Å². The van der Waals surface area contributed by atoms with Gasteiger partial charge in [-0.2, -0.15) is 25.5 Å². The summed E-state index contributed by atoms with van der Waals surface area (Å²) in [5.74, 6) is 1.77. The molecule has 0 aliphatic rings. The van der Waals surface area contributed by atoms with Crippen LogP contribution in [0.1, 0.15) is 0 Å². The number of hydrogen-bond acceptors (Lipinski definition) is 12. The fourth-order valence-corrected chi connectivity index (χ4v) is 6.72. The van der Waals surface area contributed by atoms with Crippen molar-refractivity contribution in [2.24, 2.45) is 0 Å². The van der Waals surface area contributed by atoms with Gasteiger partial charge in [-0.05, 0) is 78.9 Å². The highest BCUT2D eigenvalue weighted by atomic mass is 79.9. The molecule has 0 atom stereocenters. The van der Waals surface area contributed by atoms with E-state index in [1.54, 1.807) is 18.2 Å². The number of aromatic nitrogens is 11. The molecular weight excluding hydrogens is 917 g/mol. The molecule has 0 aliphatic carbocycles. The average molecular weight is 952 g/mol. The molecule has 0 spiro atoms. The maximum absolute atomic E-state index is 12.9. The molecule has 308 valence electrons. The summed E-state index contributed by atoms with van der Waals surface area (Å²) in [5.41, 5.74) is 33.1. The van der Waals surface area contributed by atoms with Gasteiger partial charge in [0.1, 0.15) is 5.82 Å². The third-order valence-corrected chi connectivity index (χ3v) is 9.93. The highest BCUT2D eigenvalue weighted by molar-refractivity contribution is 9.10. The van der Waals surface area contributed by atoms with Crippen molar-refractivity contribution in [1.29, 1.82) is 0 Å². The average Bonchev–Trinajstić information content (AvgIpc) is 4.14. The van der Waals surface area contributed by atoms with Gasteiger partial charge >= 0.3 is 0 Å². The molecule has 6 heterocycles. The summed E-state index contributed by atoms with van der Waals surface area (Å²) >= 11 is 6.71. The topological polar surface area (TPSA) is 322 Å². The lowest BCUT2D eigenvalue weighted by Gasteiger charge is -2.04. The molecule has 0 saturated heterocycles. The number of rotatable bonds is 2. The van der Waals surface area contributed by atoms with Gasteiger partial charge in [0.2, 0.25) is 0 Å². The number of anilines is 5. The summed E-state index contributed by atoms with van der Waals surface area (Å²) in [5, 5.41) is 47.2. The second-order valence-electron chi connectivity index (χ2n) is 12.9. The Kier molecular flexibility index (Phi) is 12.1.